The van der Waals surface area contributed by atoms with Crippen molar-refractivity contribution in [2.75, 3.05) is 19.7 Å². The van der Waals surface area contributed by atoms with E-state index >= 15 is 0 Å². The zero-order chi connectivity index (χ0) is 14.3. The van der Waals surface area contributed by atoms with E-state index in [0.29, 0.717) is 6.61 Å². The SMILES string of the molecule is c1cnc2cc(OCCNCC3CCCCC3)ccc2c1. The Labute approximate surface area is 126 Å². The zero-order valence-electron chi connectivity index (χ0n) is 12.6. The van der Waals surface area contributed by atoms with Crippen LogP contribution in [0.25, 0.3) is 10.9 Å². The Hall–Kier alpha value is -1.61. The van der Waals surface area contributed by atoms with Crippen molar-refractivity contribution >= 4 is 10.9 Å². The molecule has 0 spiro atoms. The maximum absolute atomic E-state index is 5.80. The minimum absolute atomic E-state index is 0.713. The Morgan fingerprint density at radius 1 is 1.14 bits per heavy atom. The highest BCUT2D eigenvalue weighted by Crippen LogP contribution is 2.22. The largest absolute Gasteiger partial charge is 0.492 e. The third-order valence-corrected chi connectivity index (χ3v) is 4.28. The lowest BCUT2D eigenvalue weighted by atomic mass is 9.89. The molecule has 1 N–H and O–H groups in total. The van der Waals surface area contributed by atoms with E-state index in [2.05, 4.69) is 22.4 Å². The van der Waals surface area contributed by atoms with Gasteiger partial charge in [0.25, 0.3) is 0 Å². The summed E-state index contributed by atoms with van der Waals surface area (Å²) in [5, 5.41) is 4.67. The molecule has 1 aromatic heterocycles. The molecule has 112 valence electrons. The molecule has 3 nitrogen and oxygen atoms in total. The second kappa shape index (κ2) is 7.41. The molecule has 0 unspecified atom stereocenters. The van der Waals surface area contributed by atoms with Gasteiger partial charge in [-0.3, -0.25) is 4.98 Å². The van der Waals surface area contributed by atoms with Crippen LogP contribution < -0.4 is 10.1 Å². The van der Waals surface area contributed by atoms with E-state index in [4.69, 9.17) is 4.74 Å². The molecule has 0 atom stereocenters. The molecule has 1 aliphatic carbocycles. The van der Waals surface area contributed by atoms with Crippen LogP contribution in [0.5, 0.6) is 5.75 Å². The molecular weight excluding hydrogens is 260 g/mol. The van der Waals surface area contributed by atoms with E-state index in [-0.39, 0.29) is 0 Å². The van der Waals surface area contributed by atoms with Gasteiger partial charge in [0.15, 0.2) is 0 Å². The van der Waals surface area contributed by atoms with Crippen LogP contribution in [-0.2, 0) is 0 Å². The second-order valence-corrected chi connectivity index (χ2v) is 5.91. The van der Waals surface area contributed by atoms with E-state index < -0.39 is 0 Å². The predicted molar refractivity (Wildman–Crippen MR) is 86.7 cm³/mol. The topological polar surface area (TPSA) is 34.1 Å². The van der Waals surface area contributed by atoms with E-state index in [0.717, 1.165) is 35.7 Å². The van der Waals surface area contributed by atoms with Gasteiger partial charge in [-0.1, -0.05) is 25.3 Å². The minimum Gasteiger partial charge on any atom is -0.492 e. The van der Waals surface area contributed by atoms with Gasteiger partial charge in [-0.05, 0) is 43.5 Å². The molecule has 1 saturated carbocycles. The summed E-state index contributed by atoms with van der Waals surface area (Å²) in [4.78, 5) is 4.35. The lowest BCUT2D eigenvalue weighted by Crippen LogP contribution is -2.28. The number of benzene rings is 1. The predicted octanol–water partition coefficient (Wildman–Crippen LogP) is 3.78. The first-order valence-corrected chi connectivity index (χ1v) is 8.10. The van der Waals surface area contributed by atoms with Crippen molar-refractivity contribution in [3.05, 3.63) is 36.5 Å². The number of fused-ring (bicyclic) bond motifs is 1. The molecule has 0 saturated heterocycles. The third kappa shape index (κ3) is 4.18. The third-order valence-electron chi connectivity index (χ3n) is 4.28. The molecule has 1 aromatic carbocycles. The molecule has 3 rings (SSSR count). The average Bonchev–Trinajstić information content (AvgIpc) is 2.55. The average molecular weight is 284 g/mol. The number of nitrogens with one attached hydrogen (secondary N) is 1. The Kier molecular flexibility index (Phi) is 5.06. The van der Waals surface area contributed by atoms with Crippen molar-refractivity contribution in [1.82, 2.24) is 10.3 Å². The van der Waals surface area contributed by atoms with Crippen LogP contribution in [0.2, 0.25) is 0 Å². The van der Waals surface area contributed by atoms with Crippen LogP contribution in [0, 0.1) is 5.92 Å². The standard InChI is InChI=1S/C18H24N2O/c1-2-5-15(6-3-1)14-19-11-12-21-17-9-8-16-7-4-10-20-18(16)13-17/h4,7-10,13,15,19H,1-3,5-6,11-12,14H2. The summed E-state index contributed by atoms with van der Waals surface area (Å²) < 4.78 is 5.80. The molecule has 3 heteroatoms. The number of rotatable bonds is 6. The second-order valence-electron chi connectivity index (χ2n) is 5.91. The van der Waals surface area contributed by atoms with Gasteiger partial charge in [-0.25, -0.2) is 0 Å². The fourth-order valence-corrected chi connectivity index (χ4v) is 3.07. The Morgan fingerprint density at radius 2 is 2.05 bits per heavy atom. The van der Waals surface area contributed by atoms with Gasteiger partial charge >= 0.3 is 0 Å². The van der Waals surface area contributed by atoms with E-state index in [1.807, 2.05) is 24.4 Å². The highest BCUT2D eigenvalue weighted by Gasteiger charge is 2.12. The highest BCUT2D eigenvalue weighted by atomic mass is 16.5. The van der Waals surface area contributed by atoms with Crippen LogP contribution in [-0.4, -0.2) is 24.7 Å². The number of hydrogen-bond donors (Lipinski definition) is 1. The summed E-state index contributed by atoms with van der Waals surface area (Å²) in [6.07, 6.45) is 8.85. The fourth-order valence-electron chi connectivity index (χ4n) is 3.07. The van der Waals surface area contributed by atoms with Crippen LogP contribution in [0.3, 0.4) is 0 Å². The highest BCUT2D eigenvalue weighted by molar-refractivity contribution is 5.79. The number of nitrogens with zero attached hydrogens (tertiary/aromatic N) is 1. The van der Waals surface area contributed by atoms with E-state index in [1.54, 1.807) is 0 Å². The maximum Gasteiger partial charge on any atom is 0.121 e. The zero-order valence-corrected chi connectivity index (χ0v) is 12.6. The van der Waals surface area contributed by atoms with Crippen molar-refractivity contribution < 1.29 is 4.74 Å². The molecule has 1 heterocycles. The Morgan fingerprint density at radius 3 is 2.95 bits per heavy atom. The summed E-state index contributed by atoms with van der Waals surface area (Å²) in [5.74, 6) is 1.78. The van der Waals surface area contributed by atoms with Gasteiger partial charge in [0.2, 0.25) is 0 Å². The molecule has 21 heavy (non-hydrogen) atoms. The van der Waals surface area contributed by atoms with Gasteiger partial charge in [0.05, 0.1) is 5.52 Å². The smallest absolute Gasteiger partial charge is 0.121 e. The molecule has 0 amide bonds. The van der Waals surface area contributed by atoms with Crippen LogP contribution in [0.4, 0.5) is 0 Å². The van der Waals surface area contributed by atoms with Crippen molar-refractivity contribution in [1.29, 1.82) is 0 Å². The van der Waals surface area contributed by atoms with Gasteiger partial charge < -0.3 is 10.1 Å². The van der Waals surface area contributed by atoms with Crippen LogP contribution in [0.15, 0.2) is 36.5 Å². The first kappa shape index (κ1) is 14.3. The number of ether oxygens (including phenoxy) is 1. The number of hydrogen-bond acceptors (Lipinski definition) is 3. The van der Waals surface area contributed by atoms with Crippen LogP contribution in [0.1, 0.15) is 32.1 Å². The van der Waals surface area contributed by atoms with E-state index in [9.17, 15) is 0 Å². The van der Waals surface area contributed by atoms with Crippen molar-refractivity contribution in [3.63, 3.8) is 0 Å². The normalized spacial score (nSPS) is 16.2. The summed E-state index contributed by atoms with van der Waals surface area (Å²) in [5.41, 5.74) is 0.991. The van der Waals surface area contributed by atoms with Gasteiger partial charge in [0.1, 0.15) is 12.4 Å². The first-order valence-electron chi connectivity index (χ1n) is 8.10. The molecule has 2 aromatic rings. The van der Waals surface area contributed by atoms with Crippen molar-refractivity contribution in [2.45, 2.75) is 32.1 Å². The summed E-state index contributed by atoms with van der Waals surface area (Å²) in [6.45, 7) is 2.77. The lowest BCUT2D eigenvalue weighted by Gasteiger charge is -2.21. The molecule has 0 radical (unpaired) electrons. The van der Waals surface area contributed by atoms with Crippen molar-refractivity contribution in [3.8, 4) is 5.75 Å². The Balaban J connectivity index is 1.39. The van der Waals surface area contributed by atoms with Gasteiger partial charge in [-0.15, -0.1) is 0 Å². The number of pyridine rings is 1. The van der Waals surface area contributed by atoms with Crippen LogP contribution >= 0.6 is 0 Å². The van der Waals surface area contributed by atoms with E-state index in [1.165, 1.54) is 32.1 Å². The molecule has 0 bridgehead atoms. The molecular formula is C18H24N2O. The maximum atomic E-state index is 5.80. The minimum atomic E-state index is 0.713. The lowest BCUT2D eigenvalue weighted by molar-refractivity contribution is 0.295. The summed E-state index contributed by atoms with van der Waals surface area (Å²) in [7, 11) is 0. The quantitative estimate of drug-likeness (QED) is 0.820. The molecule has 1 aliphatic rings. The summed E-state index contributed by atoms with van der Waals surface area (Å²) >= 11 is 0. The van der Waals surface area contributed by atoms with Crippen molar-refractivity contribution in [2.24, 2.45) is 5.92 Å². The van der Waals surface area contributed by atoms with Gasteiger partial charge in [-0.2, -0.15) is 0 Å². The number of aromatic nitrogens is 1. The molecule has 1 fully saturated rings. The first-order chi connectivity index (χ1) is 10.4. The summed E-state index contributed by atoms with van der Waals surface area (Å²) in [6, 6.07) is 10.1. The molecule has 0 aliphatic heterocycles. The fraction of sp³-hybridized carbons (Fsp3) is 0.500. The Bertz CT molecular complexity index is 564. The van der Waals surface area contributed by atoms with Gasteiger partial charge in [0, 0.05) is 24.2 Å². The monoisotopic (exact) mass is 284 g/mol.